The van der Waals surface area contributed by atoms with E-state index < -0.39 is 0 Å². The standard InChI is InChI=1S/C12H14N2O2/c1-15-9-2-3-10-8(6-9)7-11(16-10)12-13-4-5-14-12/h2-3,6,11H,4-5,7H2,1H3,(H,13,14). The van der Waals surface area contributed by atoms with Gasteiger partial charge in [-0.1, -0.05) is 0 Å². The summed E-state index contributed by atoms with van der Waals surface area (Å²) in [5.74, 6) is 2.81. The van der Waals surface area contributed by atoms with E-state index >= 15 is 0 Å². The first-order valence-corrected chi connectivity index (χ1v) is 5.48. The number of benzene rings is 1. The smallest absolute Gasteiger partial charge is 0.159 e. The minimum atomic E-state index is 0.0598. The summed E-state index contributed by atoms with van der Waals surface area (Å²) in [6, 6.07) is 5.92. The second kappa shape index (κ2) is 3.70. The van der Waals surface area contributed by atoms with Gasteiger partial charge in [0.15, 0.2) is 6.10 Å². The zero-order chi connectivity index (χ0) is 11.0. The van der Waals surface area contributed by atoms with Crippen molar-refractivity contribution in [3.8, 4) is 11.5 Å². The Hall–Kier alpha value is -1.71. The molecule has 0 fully saturated rings. The maximum absolute atomic E-state index is 5.84. The van der Waals surface area contributed by atoms with Crippen LogP contribution in [0, 0.1) is 0 Å². The van der Waals surface area contributed by atoms with E-state index in [9.17, 15) is 0 Å². The van der Waals surface area contributed by atoms with Crippen LogP contribution in [0.4, 0.5) is 0 Å². The summed E-state index contributed by atoms with van der Waals surface area (Å²) in [7, 11) is 1.68. The molecule has 2 heterocycles. The highest BCUT2D eigenvalue weighted by atomic mass is 16.5. The molecule has 4 heteroatoms. The van der Waals surface area contributed by atoms with E-state index in [1.54, 1.807) is 7.11 Å². The molecule has 0 amide bonds. The number of ether oxygens (including phenoxy) is 2. The van der Waals surface area contributed by atoms with Crippen molar-refractivity contribution in [1.29, 1.82) is 0 Å². The third-order valence-electron chi connectivity index (χ3n) is 2.95. The third-order valence-corrected chi connectivity index (χ3v) is 2.95. The minimum Gasteiger partial charge on any atom is -0.497 e. The molecule has 3 rings (SSSR count). The second-order valence-electron chi connectivity index (χ2n) is 3.98. The number of rotatable bonds is 2. The Bertz CT molecular complexity index is 443. The van der Waals surface area contributed by atoms with Crippen LogP contribution in [-0.4, -0.2) is 32.1 Å². The van der Waals surface area contributed by atoms with Crippen molar-refractivity contribution in [3.05, 3.63) is 23.8 Å². The second-order valence-corrected chi connectivity index (χ2v) is 3.98. The Morgan fingerprint density at radius 2 is 2.44 bits per heavy atom. The van der Waals surface area contributed by atoms with Crippen molar-refractivity contribution in [2.45, 2.75) is 12.5 Å². The monoisotopic (exact) mass is 218 g/mol. The average Bonchev–Trinajstić information content (AvgIpc) is 2.96. The Morgan fingerprint density at radius 1 is 1.50 bits per heavy atom. The molecule has 16 heavy (non-hydrogen) atoms. The first-order chi connectivity index (χ1) is 7.86. The summed E-state index contributed by atoms with van der Waals surface area (Å²) < 4.78 is 11.0. The molecule has 1 aromatic rings. The summed E-state index contributed by atoms with van der Waals surface area (Å²) in [6.45, 7) is 1.78. The molecule has 0 spiro atoms. The molecule has 0 radical (unpaired) electrons. The topological polar surface area (TPSA) is 42.8 Å². The molecule has 2 aliphatic rings. The summed E-state index contributed by atoms with van der Waals surface area (Å²) in [6.07, 6.45) is 0.933. The number of nitrogens with zero attached hydrogens (tertiary/aromatic N) is 1. The van der Waals surface area contributed by atoms with Crippen molar-refractivity contribution in [1.82, 2.24) is 5.32 Å². The molecule has 84 valence electrons. The lowest BCUT2D eigenvalue weighted by atomic mass is 10.1. The number of nitrogens with one attached hydrogen (secondary N) is 1. The SMILES string of the molecule is COc1ccc2c(c1)CC(C1=NCCN1)O2. The van der Waals surface area contributed by atoms with Crippen LogP contribution in [0.25, 0.3) is 0 Å². The molecule has 4 nitrogen and oxygen atoms in total. The highest BCUT2D eigenvalue weighted by molar-refractivity contribution is 5.89. The molecule has 0 bridgehead atoms. The first-order valence-electron chi connectivity index (χ1n) is 5.48. The maximum atomic E-state index is 5.84. The van der Waals surface area contributed by atoms with Gasteiger partial charge in [0.2, 0.25) is 0 Å². The zero-order valence-corrected chi connectivity index (χ0v) is 9.19. The highest BCUT2D eigenvalue weighted by Crippen LogP contribution is 2.32. The van der Waals surface area contributed by atoms with Gasteiger partial charge in [-0.05, 0) is 18.2 Å². The van der Waals surface area contributed by atoms with Crippen LogP contribution in [0.5, 0.6) is 11.5 Å². The number of methoxy groups -OCH3 is 1. The average molecular weight is 218 g/mol. The third kappa shape index (κ3) is 1.50. The van der Waals surface area contributed by atoms with E-state index in [1.807, 2.05) is 18.2 Å². The van der Waals surface area contributed by atoms with Crippen LogP contribution in [0.3, 0.4) is 0 Å². The molecular formula is C12H14N2O2. The molecule has 1 N–H and O–H groups in total. The van der Waals surface area contributed by atoms with Crippen molar-refractivity contribution >= 4 is 5.84 Å². The van der Waals surface area contributed by atoms with Gasteiger partial charge in [0.05, 0.1) is 13.7 Å². The fourth-order valence-corrected chi connectivity index (χ4v) is 2.14. The van der Waals surface area contributed by atoms with Gasteiger partial charge in [-0.15, -0.1) is 0 Å². The van der Waals surface area contributed by atoms with Gasteiger partial charge in [0.1, 0.15) is 17.3 Å². The van der Waals surface area contributed by atoms with Crippen molar-refractivity contribution < 1.29 is 9.47 Å². The summed E-state index contributed by atoms with van der Waals surface area (Å²) in [5, 5.41) is 3.26. The summed E-state index contributed by atoms with van der Waals surface area (Å²) in [4.78, 5) is 4.39. The molecule has 1 aromatic carbocycles. The van der Waals surface area contributed by atoms with Crippen LogP contribution >= 0.6 is 0 Å². The van der Waals surface area contributed by atoms with Crippen LogP contribution < -0.4 is 14.8 Å². The van der Waals surface area contributed by atoms with Gasteiger partial charge in [-0.3, -0.25) is 4.99 Å². The van der Waals surface area contributed by atoms with E-state index in [2.05, 4.69) is 10.3 Å². The van der Waals surface area contributed by atoms with Crippen LogP contribution in [-0.2, 0) is 6.42 Å². The van der Waals surface area contributed by atoms with Gasteiger partial charge in [-0.2, -0.15) is 0 Å². The van der Waals surface area contributed by atoms with Gasteiger partial charge in [0.25, 0.3) is 0 Å². The predicted octanol–water partition coefficient (Wildman–Crippen LogP) is 1.00. The quantitative estimate of drug-likeness (QED) is 0.805. The minimum absolute atomic E-state index is 0.0598. The van der Waals surface area contributed by atoms with E-state index in [4.69, 9.17) is 9.47 Å². The summed E-state index contributed by atoms with van der Waals surface area (Å²) in [5.41, 5.74) is 1.20. The first kappa shape index (κ1) is 9.51. The van der Waals surface area contributed by atoms with Gasteiger partial charge in [0, 0.05) is 18.5 Å². The lowest BCUT2D eigenvalue weighted by Gasteiger charge is -2.10. The van der Waals surface area contributed by atoms with Gasteiger partial charge in [-0.25, -0.2) is 0 Å². The fraction of sp³-hybridized carbons (Fsp3) is 0.417. The molecule has 0 aromatic heterocycles. The fourth-order valence-electron chi connectivity index (χ4n) is 2.14. The Labute approximate surface area is 94.3 Å². The molecule has 1 atom stereocenters. The van der Waals surface area contributed by atoms with E-state index in [0.717, 1.165) is 36.8 Å². The Morgan fingerprint density at radius 3 is 3.19 bits per heavy atom. The molecule has 2 aliphatic heterocycles. The van der Waals surface area contributed by atoms with E-state index in [-0.39, 0.29) is 6.10 Å². The van der Waals surface area contributed by atoms with Gasteiger partial charge < -0.3 is 14.8 Å². The summed E-state index contributed by atoms with van der Waals surface area (Å²) >= 11 is 0. The molecule has 0 aliphatic carbocycles. The number of hydrogen-bond donors (Lipinski definition) is 1. The molecule has 1 unspecified atom stereocenters. The Balaban J connectivity index is 1.83. The number of amidine groups is 1. The normalized spacial score (nSPS) is 22.1. The lowest BCUT2D eigenvalue weighted by molar-refractivity contribution is 0.298. The van der Waals surface area contributed by atoms with E-state index in [0.29, 0.717) is 0 Å². The molecular weight excluding hydrogens is 204 g/mol. The molecule has 0 saturated heterocycles. The van der Waals surface area contributed by atoms with Crippen molar-refractivity contribution in [2.24, 2.45) is 4.99 Å². The lowest BCUT2D eigenvalue weighted by Crippen LogP contribution is -2.34. The largest absolute Gasteiger partial charge is 0.497 e. The number of aliphatic imine (C=N–C) groups is 1. The predicted molar refractivity (Wildman–Crippen MR) is 61.4 cm³/mol. The highest BCUT2D eigenvalue weighted by Gasteiger charge is 2.28. The van der Waals surface area contributed by atoms with E-state index in [1.165, 1.54) is 5.56 Å². The maximum Gasteiger partial charge on any atom is 0.159 e. The van der Waals surface area contributed by atoms with Crippen molar-refractivity contribution in [3.63, 3.8) is 0 Å². The van der Waals surface area contributed by atoms with Crippen LogP contribution in [0.15, 0.2) is 23.2 Å². The number of hydrogen-bond acceptors (Lipinski definition) is 4. The van der Waals surface area contributed by atoms with Gasteiger partial charge >= 0.3 is 0 Å². The Kier molecular flexibility index (Phi) is 2.20. The van der Waals surface area contributed by atoms with Crippen LogP contribution in [0.2, 0.25) is 0 Å². The van der Waals surface area contributed by atoms with Crippen LogP contribution in [0.1, 0.15) is 5.56 Å². The van der Waals surface area contributed by atoms with Crippen molar-refractivity contribution in [2.75, 3.05) is 20.2 Å². The zero-order valence-electron chi connectivity index (χ0n) is 9.19. The molecule has 0 saturated carbocycles. The number of fused-ring (bicyclic) bond motifs is 1.